The van der Waals surface area contributed by atoms with Crippen LogP contribution in [0.5, 0.6) is 0 Å². The molecular formula is C14H13N3O2. The van der Waals surface area contributed by atoms with E-state index in [1.54, 1.807) is 29.2 Å². The summed E-state index contributed by atoms with van der Waals surface area (Å²) in [4.78, 5) is 27.3. The van der Waals surface area contributed by atoms with E-state index in [0.29, 0.717) is 24.2 Å². The van der Waals surface area contributed by atoms with E-state index in [1.807, 2.05) is 0 Å². The Hall–Kier alpha value is -2.35. The van der Waals surface area contributed by atoms with E-state index in [2.05, 4.69) is 6.19 Å². The molecule has 5 nitrogen and oxygen atoms in total. The molecule has 1 aromatic carbocycles. The van der Waals surface area contributed by atoms with Crippen molar-refractivity contribution >= 4 is 11.8 Å². The van der Waals surface area contributed by atoms with Gasteiger partial charge in [-0.25, -0.2) is 0 Å². The second-order valence-electron chi connectivity index (χ2n) is 4.86. The maximum absolute atomic E-state index is 12.2. The smallest absolute Gasteiger partial charge is 0.261 e. The minimum absolute atomic E-state index is 0.0350. The Kier molecular flexibility index (Phi) is 2.71. The van der Waals surface area contributed by atoms with Crippen LogP contribution in [-0.2, 0) is 0 Å². The summed E-state index contributed by atoms with van der Waals surface area (Å²) < 4.78 is 0. The van der Waals surface area contributed by atoms with E-state index >= 15 is 0 Å². The van der Waals surface area contributed by atoms with Gasteiger partial charge in [0.2, 0.25) is 0 Å². The van der Waals surface area contributed by atoms with E-state index in [1.165, 1.54) is 4.90 Å². The third kappa shape index (κ3) is 1.76. The van der Waals surface area contributed by atoms with Crippen molar-refractivity contribution in [1.29, 1.82) is 5.26 Å². The Bertz CT molecular complexity index is 556. The van der Waals surface area contributed by atoms with Crippen molar-refractivity contribution in [3.8, 4) is 6.19 Å². The van der Waals surface area contributed by atoms with Crippen LogP contribution in [0.2, 0.25) is 0 Å². The molecule has 0 aromatic heterocycles. The zero-order valence-electron chi connectivity index (χ0n) is 10.4. The van der Waals surface area contributed by atoms with Crippen LogP contribution in [0.4, 0.5) is 0 Å². The highest BCUT2D eigenvalue weighted by Crippen LogP contribution is 2.25. The number of amides is 2. The minimum Gasteiger partial charge on any atom is -0.306 e. The number of likely N-dealkylation sites (tertiary alicyclic amines) is 1. The van der Waals surface area contributed by atoms with Gasteiger partial charge >= 0.3 is 0 Å². The molecule has 2 aliphatic heterocycles. The third-order valence-electron chi connectivity index (χ3n) is 3.78. The van der Waals surface area contributed by atoms with Gasteiger partial charge in [0, 0.05) is 6.54 Å². The summed E-state index contributed by atoms with van der Waals surface area (Å²) in [6, 6.07) is 6.82. The van der Waals surface area contributed by atoms with Gasteiger partial charge in [-0.3, -0.25) is 14.5 Å². The van der Waals surface area contributed by atoms with Gasteiger partial charge in [-0.05, 0) is 25.0 Å². The first-order valence-corrected chi connectivity index (χ1v) is 6.34. The number of hydrogen-bond donors (Lipinski definition) is 0. The lowest BCUT2D eigenvalue weighted by Gasteiger charge is -2.23. The molecule has 0 unspecified atom stereocenters. The molecule has 2 amide bonds. The van der Waals surface area contributed by atoms with Crippen molar-refractivity contribution in [3.05, 3.63) is 35.4 Å². The molecule has 0 radical (unpaired) electrons. The first-order valence-electron chi connectivity index (χ1n) is 6.34. The molecule has 2 heterocycles. The molecule has 3 rings (SSSR count). The number of nitriles is 1. The Balaban J connectivity index is 1.83. The lowest BCUT2D eigenvalue weighted by atomic mass is 10.1. The summed E-state index contributed by atoms with van der Waals surface area (Å²) in [5.41, 5.74) is 0.933. The molecule has 0 N–H and O–H groups in total. The van der Waals surface area contributed by atoms with E-state index < -0.39 is 0 Å². The topological polar surface area (TPSA) is 64.4 Å². The molecule has 96 valence electrons. The highest BCUT2D eigenvalue weighted by atomic mass is 16.2. The fourth-order valence-electron chi connectivity index (χ4n) is 2.77. The van der Waals surface area contributed by atoms with Crippen LogP contribution in [0, 0.1) is 11.5 Å². The highest BCUT2D eigenvalue weighted by molar-refractivity contribution is 6.21. The number of carbonyl (C=O) groups is 2. The standard InChI is InChI=1S/C14H13N3O2/c15-9-16-7-3-4-10(16)8-17-13(18)11-5-1-2-6-12(11)14(17)19/h1-2,5-6,10H,3-4,7-8H2/t10-/m1/s1. The van der Waals surface area contributed by atoms with Crippen LogP contribution < -0.4 is 0 Å². The number of rotatable bonds is 2. The molecule has 0 aliphatic carbocycles. The second kappa shape index (κ2) is 4.39. The predicted octanol–water partition coefficient (Wildman–Crippen LogP) is 1.23. The second-order valence-corrected chi connectivity index (χ2v) is 4.86. The van der Waals surface area contributed by atoms with Crippen molar-refractivity contribution in [2.75, 3.05) is 13.1 Å². The molecule has 0 bridgehead atoms. The van der Waals surface area contributed by atoms with Crippen LogP contribution in [0.15, 0.2) is 24.3 Å². The van der Waals surface area contributed by atoms with Crippen LogP contribution in [0.3, 0.4) is 0 Å². The SMILES string of the molecule is N#CN1CCC[C@@H]1CN1C(=O)c2ccccc2C1=O. The summed E-state index contributed by atoms with van der Waals surface area (Å²) in [6.45, 7) is 1.02. The molecule has 1 fully saturated rings. The fraction of sp³-hybridized carbons (Fsp3) is 0.357. The maximum Gasteiger partial charge on any atom is 0.261 e. The lowest BCUT2D eigenvalue weighted by Crippen LogP contribution is -2.41. The van der Waals surface area contributed by atoms with E-state index in [4.69, 9.17) is 5.26 Å². The number of carbonyl (C=O) groups excluding carboxylic acids is 2. The van der Waals surface area contributed by atoms with Crippen LogP contribution in [0.25, 0.3) is 0 Å². The summed E-state index contributed by atoms with van der Waals surface area (Å²) in [5.74, 6) is -0.490. The maximum atomic E-state index is 12.2. The van der Waals surface area contributed by atoms with Gasteiger partial charge in [-0.2, -0.15) is 5.26 Å². The van der Waals surface area contributed by atoms with Crippen LogP contribution in [-0.4, -0.2) is 40.7 Å². The van der Waals surface area contributed by atoms with Crippen molar-refractivity contribution in [1.82, 2.24) is 9.80 Å². The normalized spacial score (nSPS) is 21.7. The Morgan fingerprint density at radius 2 is 1.84 bits per heavy atom. The third-order valence-corrected chi connectivity index (χ3v) is 3.78. The van der Waals surface area contributed by atoms with Crippen LogP contribution >= 0.6 is 0 Å². The first-order chi connectivity index (χ1) is 9.22. The fourth-order valence-corrected chi connectivity index (χ4v) is 2.77. The molecular weight excluding hydrogens is 242 g/mol. The number of fused-ring (bicyclic) bond motifs is 1. The van der Waals surface area contributed by atoms with Crippen molar-refractivity contribution in [2.45, 2.75) is 18.9 Å². The Labute approximate surface area is 111 Å². The molecule has 2 aliphatic rings. The molecule has 0 spiro atoms. The molecule has 19 heavy (non-hydrogen) atoms. The predicted molar refractivity (Wildman–Crippen MR) is 67.2 cm³/mol. The van der Waals surface area contributed by atoms with Crippen molar-refractivity contribution in [3.63, 3.8) is 0 Å². The van der Waals surface area contributed by atoms with Gasteiger partial charge in [0.1, 0.15) is 0 Å². The lowest BCUT2D eigenvalue weighted by molar-refractivity contribution is 0.0624. The minimum atomic E-state index is -0.245. The average molecular weight is 255 g/mol. The molecule has 1 aromatic rings. The van der Waals surface area contributed by atoms with Gasteiger partial charge in [-0.1, -0.05) is 12.1 Å². The summed E-state index contributed by atoms with van der Waals surface area (Å²) in [5, 5.41) is 9.00. The number of imide groups is 1. The van der Waals surface area contributed by atoms with Crippen molar-refractivity contribution < 1.29 is 9.59 Å². The Morgan fingerprint density at radius 3 is 2.42 bits per heavy atom. The van der Waals surface area contributed by atoms with E-state index in [0.717, 1.165) is 12.8 Å². The van der Waals surface area contributed by atoms with Gasteiger partial charge in [-0.15, -0.1) is 0 Å². The van der Waals surface area contributed by atoms with Crippen LogP contribution in [0.1, 0.15) is 33.6 Å². The highest BCUT2D eigenvalue weighted by Gasteiger charge is 2.38. The molecule has 1 saturated heterocycles. The molecule has 0 saturated carbocycles. The molecule has 1 atom stereocenters. The summed E-state index contributed by atoms with van der Waals surface area (Å²) in [7, 11) is 0. The number of hydrogen-bond acceptors (Lipinski definition) is 4. The average Bonchev–Trinajstić information content (AvgIpc) is 2.98. The zero-order valence-corrected chi connectivity index (χ0v) is 10.4. The quantitative estimate of drug-likeness (QED) is 0.589. The van der Waals surface area contributed by atoms with E-state index in [-0.39, 0.29) is 17.9 Å². The Morgan fingerprint density at radius 1 is 1.21 bits per heavy atom. The van der Waals surface area contributed by atoms with E-state index in [9.17, 15) is 9.59 Å². The van der Waals surface area contributed by atoms with Crippen molar-refractivity contribution in [2.24, 2.45) is 0 Å². The summed E-state index contributed by atoms with van der Waals surface area (Å²) in [6.07, 6.45) is 3.90. The van der Waals surface area contributed by atoms with Gasteiger partial charge < -0.3 is 4.90 Å². The molecule has 5 heteroatoms. The van der Waals surface area contributed by atoms with Gasteiger partial charge in [0.25, 0.3) is 11.8 Å². The number of benzene rings is 1. The van der Waals surface area contributed by atoms with Gasteiger partial charge in [0.15, 0.2) is 6.19 Å². The monoisotopic (exact) mass is 255 g/mol. The van der Waals surface area contributed by atoms with Gasteiger partial charge in [0.05, 0.1) is 23.7 Å². The number of nitrogens with zero attached hydrogens (tertiary/aromatic N) is 3. The zero-order chi connectivity index (χ0) is 13.4. The first kappa shape index (κ1) is 11.7. The summed E-state index contributed by atoms with van der Waals surface area (Å²) >= 11 is 0. The largest absolute Gasteiger partial charge is 0.306 e.